The van der Waals surface area contributed by atoms with Gasteiger partial charge in [0.25, 0.3) is 5.56 Å². The Hall–Kier alpha value is -2.11. The van der Waals surface area contributed by atoms with Crippen LogP contribution in [0.1, 0.15) is 25.2 Å². The van der Waals surface area contributed by atoms with E-state index in [0.29, 0.717) is 12.1 Å². The molecule has 0 spiro atoms. The number of hydrogen-bond donors (Lipinski definition) is 2. The maximum atomic E-state index is 11.7. The number of nitrogen functional groups attached to an aromatic ring is 1. The van der Waals surface area contributed by atoms with E-state index in [1.807, 2.05) is 13.8 Å². The van der Waals surface area contributed by atoms with Crippen molar-refractivity contribution in [2.24, 2.45) is 0 Å². The largest absolute Gasteiger partial charge is 0.396 e. The van der Waals surface area contributed by atoms with Crippen LogP contribution in [-0.2, 0) is 12.8 Å². The number of anilines is 1. The van der Waals surface area contributed by atoms with E-state index in [1.165, 1.54) is 17.1 Å². The number of nitrogens with one attached hydrogen (secondary N) is 1. The molecule has 0 aliphatic carbocycles. The lowest BCUT2D eigenvalue weighted by Gasteiger charge is -2.03. The Morgan fingerprint density at radius 2 is 2.18 bits per heavy atom. The van der Waals surface area contributed by atoms with Gasteiger partial charge in [-0.3, -0.25) is 4.79 Å². The second-order valence-electron chi connectivity index (χ2n) is 3.67. The van der Waals surface area contributed by atoms with Crippen LogP contribution < -0.4 is 11.3 Å². The van der Waals surface area contributed by atoms with Crippen LogP contribution in [0.4, 0.5) is 5.69 Å². The van der Waals surface area contributed by atoms with Crippen LogP contribution >= 0.6 is 0 Å². The first-order chi connectivity index (χ1) is 8.19. The van der Waals surface area contributed by atoms with Crippen molar-refractivity contribution in [2.75, 3.05) is 5.73 Å². The van der Waals surface area contributed by atoms with E-state index in [0.717, 1.165) is 17.8 Å². The third kappa shape index (κ3) is 1.82. The van der Waals surface area contributed by atoms with Crippen molar-refractivity contribution in [3.05, 3.63) is 34.1 Å². The third-order valence-electron chi connectivity index (χ3n) is 2.66. The number of H-pyrrole nitrogens is 1. The van der Waals surface area contributed by atoms with Gasteiger partial charge in [0, 0.05) is 12.4 Å². The van der Waals surface area contributed by atoms with Gasteiger partial charge in [-0.2, -0.15) is 5.10 Å². The fourth-order valence-corrected chi connectivity index (χ4v) is 1.79. The quantitative estimate of drug-likeness (QED) is 0.815. The zero-order valence-electron chi connectivity index (χ0n) is 9.90. The number of rotatable bonds is 3. The summed E-state index contributed by atoms with van der Waals surface area (Å²) in [5.41, 5.74) is 7.99. The summed E-state index contributed by atoms with van der Waals surface area (Å²) < 4.78 is 1.53. The fourth-order valence-electron chi connectivity index (χ4n) is 1.79. The molecule has 0 aliphatic rings. The maximum absolute atomic E-state index is 11.7. The van der Waals surface area contributed by atoms with Crippen molar-refractivity contribution in [3.63, 3.8) is 0 Å². The number of aromatic nitrogens is 4. The van der Waals surface area contributed by atoms with Crippen molar-refractivity contribution >= 4 is 5.69 Å². The number of aromatic amines is 1. The monoisotopic (exact) mass is 233 g/mol. The molecular weight excluding hydrogens is 218 g/mol. The molecule has 0 aliphatic heterocycles. The van der Waals surface area contributed by atoms with Crippen LogP contribution in [-0.4, -0.2) is 19.7 Å². The van der Waals surface area contributed by atoms with E-state index in [2.05, 4.69) is 15.1 Å². The molecular formula is C11H15N5O. The highest BCUT2D eigenvalue weighted by atomic mass is 16.1. The Kier molecular flexibility index (Phi) is 2.95. The summed E-state index contributed by atoms with van der Waals surface area (Å²) in [6, 6.07) is 0. The molecule has 0 unspecified atom stereocenters. The molecule has 2 aromatic rings. The Morgan fingerprint density at radius 1 is 1.41 bits per heavy atom. The van der Waals surface area contributed by atoms with Crippen molar-refractivity contribution < 1.29 is 0 Å². The van der Waals surface area contributed by atoms with Gasteiger partial charge in [-0.1, -0.05) is 13.8 Å². The van der Waals surface area contributed by atoms with Gasteiger partial charge < -0.3 is 10.7 Å². The lowest BCUT2D eigenvalue weighted by molar-refractivity contribution is 0.759. The predicted molar refractivity (Wildman–Crippen MR) is 65.1 cm³/mol. The summed E-state index contributed by atoms with van der Waals surface area (Å²) in [7, 11) is 0. The number of hydrogen-bond acceptors (Lipinski definition) is 4. The Labute approximate surface area is 98.5 Å². The minimum atomic E-state index is -0.271. The van der Waals surface area contributed by atoms with Gasteiger partial charge >= 0.3 is 0 Å². The Bertz CT molecular complexity index is 584. The molecule has 0 radical (unpaired) electrons. The van der Waals surface area contributed by atoms with Gasteiger partial charge in [-0.25, -0.2) is 9.67 Å². The van der Waals surface area contributed by atoms with Crippen molar-refractivity contribution in [1.82, 2.24) is 19.7 Å². The molecule has 17 heavy (non-hydrogen) atoms. The zero-order chi connectivity index (χ0) is 12.4. The molecule has 0 aromatic carbocycles. The van der Waals surface area contributed by atoms with E-state index in [4.69, 9.17) is 5.73 Å². The second-order valence-corrected chi connectivity index (χ2v) is 3.67. The van der Waals surface area contributed by atoms with Crippen molar-refractivity contribution in [2.45, 2.75) is 26.7 Å². The lowest BCUT2D eigenvalue weighted by atomic mass is 10.2. The van der Waals surface area contributed by atoms with Crippen LogP contribution in [0, 0.1) is 0 Å². The molecule has 2 heterocycles. The summed E-state index contributed by atoms with van der Waals surface area (Å²) >= 11 is 0. The molecule has 3 N–H and O–H groups in total. The number of nitrogens with two attached hydrogens (primary N) is 1. The summed E-state index contributed by atoms with van der Waals surface area (Å²) in [5, 5.41) is 4.34. The highest BCUT2D eigenvalue weighted by molar-refractivity contribution is 5.50. The topological polar surface area (TPSA) is 89.6 Å². The van der Waals surface area contributed by atoms with Gasteiger partial charge in [-0.15, -0.1) is 0 Å². The van der Waals surface area contributed by atoms with Crippen molar-refractivity contribution in [3.8, 4) is 5.82 Å². The molecule has 2 aromatic heterocycles. The molecule has 2 rings (SSSR count). The van der Waals surface area contributed by atoms with E-state index in [1.54, 1.807) is 0 Å². The van der Waals surface area contributed by atoms with Crippen LogP contribution in [0.2, 0.25) is 0 Å². The van der Waals surface area contributed by atoms with Gasteiger partial charge in [0.05, 0.1) is 17.1 Å². The highest BCUT2D eigenvalue weighted by Crippen LogP contribution is 2.19. The molecule has 0 fully saturated rings. The van der Waals surface area contributed by atoms with Crippen LogP contribution in [0.3, 0.4) is 0 Å². The Morgan fingerprint density at radius 3 is 2.76 bits per heavy atom. The molecule has 6 heteroatoms. The fraction of sp³-hybridized carbons (Fsp3) is 0.364. The first kappa shape index (κ1) is 11.4. The lowest BCUT2D eigenvalue weighted by Crippen LogP contribution is -2.18. The minimum Gasteiger partial charge on any atom is -0.396 e. The summed E-state index contributed by atoms with van der Waals surface area (Å²) in [6.45, 7) is 3.95. The summed E-state index contributed by atoms with van der Waals surface area (Å²) in [5.74, 6) is 0.260. The third-order valence-corrected chi connectivity index (χ3v) is 2.66. The normalized spacial score (nSPS) is 10.7. The van der Waals surface area contributed by atoms with Crippen molar-refractivity contribution in [1.29, 1.82) is 0 Å². The molecule has 0 amide bonds. The first-order valence-electron chi connectivity index (χ1n) is 5.59. The molecule has 0 bridgehead atoms. The summed E-state index contributed by atoms with van der Waals surface area (Å²) in [6.07, 6.45) is 4.45. The first-order valence-corrected chi connectivity index (χ1v) is 5.59. The molecule has 6 nitrogen and oxygen atoms in total. The van der Waals surface area contributed by atoms with Gasteiger partial charge in [-0.05, 0) is 12.8 Å². The highest BCUT2D eigenvalue weighted by Gasteiger charge is 2.16. The average molecular weight is 233 g/mol. The number of aryl methyl sites for hydroxylation is 1. The summed E-state index contributed by atoms with van der Waals surface area (Å²) in [4.78, 5) is 18.3. The van der Waals surface area contributed by atoms with Gasteiger partial charge in [0.2, 0.25) is 5.82 Å². The van der Waals surface area contributed by atoms with Crippen LogP contribution in [0.15, 0.2) is 17.2 Å². The molecule has 0 saturated carbocycles. The van der Waals surface area contributed by atoms with E-state index >= 15 is 0 Å². The SMILES string of the molecule is CCc1nn(-c2ncc[nH]c2=O)c(CC)c1N. The van der Waals surface area contributed by atoms with Crippen LogP contribution in [0.25, 0.3) is 5.82 Å². The van der Waals surface area contributed by atoms with E-state index < -0.39 is 0 Å². The minimum absolute atomic E-state index is 0.260. The number of nitrogens with zero attached hydrogens (tertiary/aromatic N) is 3. The second kappa shape index (κ2) is 4.40. The Balaban J connectivity index is 2.68. The molecule has 90 valence electrons. The molecule has 0 atom stereocenters. The molecule has 0 saturated heterocycles. The predicted octanol–water partition coefficient (Wildman–Crippen LogP) is 0.663. The smallest absolute Gasteiger partial charge is 0.293 e. The standard InChI is InChI=1S/C11H15N5O/c1-3-7-9(12)8(4-2)16(15-7)10-11(17)14-6-5-13-10/h5-6H,3-4,12H2,1-2H3,(H,14,17). The van der Waals surface area contributed by atoms with E-state index in [9.17, 15) is 4.79 Å². The maximum Gasteiger partial charge on any atom is 0.293 e. The van der Waals surface area contributed by atoms with Gasteiger partial charge in [0.1, 0.15) is 0 Å². The average Bonchev–Trinajstić information content (AvgIpc) is 2.66. The van der Waals surface area contributed by atoms with Gasteiger partial charge in [0.15, 0.2) is 0 Å². The zero-order valence-corrected chi connectivity index (χ0v) is 9.90. The van der Waals surface area contributed by atoms with Crippen LogP contribution in [0.5, 0.6) is 0 Å². The van der Waals surface area contributed by atoms with E-state index in [-0.39, 0.29) is 11.4 Å².